The summed E-state index contributed by atoms with van der Waals surface area (Å²) in [4.78, 5) is 0.295. The quantitative estimate of drug-likeness (QED) is 0.685. The molecule has 0 bridgehead atoms. The highest BCUT2D eigenvalue weighted by Gasteiger charge is 2.09. The van der Waals surface area contributed by atoms with Crippen LogP contribution in [0.15, 0.2) is 29.2 Å². The lowest BCUT2D eigenvalue weighted by Crippen LogP contribution is -2.18. The van der Waals surface area contributed by atoms with Crippen LogP contribution in [0.1, 0.15) is 39.0 Å². The van der Waals surface area contributed by atoms with E-state index < -0.39 is 10.0 Å². The van der Waals surface area contributed by atoms with E-state index in [4.69, 9.17) is 0 Å². The minimum absolute atomic E-state index is 0.295. The molecule has 0 fully saturated rings. The van der Waals surface area contributed by atoms with Crippen LogP contribution < -0.4 is 10.0 Å². The molecule has 0 atom stereocenters. The summed E-state index contributed by atoms with van der Waals surface area (Å²) in [5.41, 5.74) is 0.963. The Balaban J connectivity index is 2.37. The van der Waals surface area contributed by atoms with Crippen molar-refractivity contribution >= 4 is 15.7 Å². The summed E-state index contributed by atoms with van der Waals surface area (Å²) >= 11 is 0. The number of hydrogen-bond donors (Lipinski definition) is 2. The van der Waals surface area contributed by atoms with E-state index >= 15 is 0 Å². The van der Waals surface area contributed by atoms with Gasteiger partial charge in [-0.05, 0) is 37.7 Å². The Hall–Kier alpha value is -1.07. The van der Waals surface area contributed by atoms with Crippen LogP contribution in [0.5, 0.6) is 0 Å². The van der Waals surface area contributed by atoms with Crippen LogP contribution in [-0.4, -0.2) is 22.0 Å². The van der Waals surface area contributed by atoms with Gasteiger partial charge in [-0.2, -0.15) is 0 Å². The second-order valence-corrected chi connectivity index (χ2v) is 6.46. The number of hydrogen-bond acceptors (Lipinski definition) is 3. The lowest BCUT2D eigenvalue weighted by molar-refractivity contribution is 0.588. The summed E-state index contributed by atoms with van der Waals surface area (Å²) < 4.78 is 25.4. The van der Waals surface area contributed by atoms with Gasteiger partial charge in [0, 0.05) is 12.2 Å². The maximum absolute atomic E-state index is 11.5. The third-order valence-electron chi connectivity index (χ3n) is 3.04. The van der Waals surface area contributed by atoms with Crippen LogP contribution in [0, 0.1) is 0 Å². The number of unbranched alkanes of at least 4 members (excludes halogenated alkanes) is 4. The van der Waals surface area contributed by atoms with E-state index in [0.717, 1.165) is 18.7 Å². The van der Waals surface area contributed by atoms with Gasteiger partial charge in [-0.1, -0.05) is 32.6 Å². The first-order chi connectivity index (χ1) is 9.10. The van der Waals surface area contributed by atoms with Crippen LogP contribution >= 0.6 is 0 Å². The minimum atomic E-state index is -3.33. The zero-order valence-electron chi connectivity index (χ0n) is 11.8. The molecular weight excluding hydrogens is 260 g/mol. The predicted molar refractivity (Wildman–Crippen MR) is 79.9 cm³/mol. The first kappa shape index (κ1) is 16.0. The Bertz CT molecular complexity index is 455. The van der Waals surface area contributed by atoms with Crippen molar-refractivity contribution in [3.8, 4) is 0 Å². The molecular formula is C14H24N2O2S. The molecule has 5 heteroatoms. The summed E-state index contributed by atoms with van der Waals surface area (Å²) in [6, 6.07) is 6.84. The smallest absolute Gasteiger partial charge is 0.240 e. The predicted octanol–water partition coefficient (Wildman–Crippen LogP) is 2.98. The first-order valence-electron chi connectivity index (χ1n) is 6.87. The van der Waals surface area contributed by atoms with Crippen molar-refractivity contribution in [3.63, 3.8) is 0 Å². The minimum Gasteiger partial charge on any atom is -0.385 e. The molecule has 0 amide bonds. The molecule has 108 valence electrons. The van der Waals surface area contributed by atoms with Crippen molar-refractivity contribution in [2.75, 3.05) is 18.9 Å². The van der Waals surface area contributed by atoms with E-state index in [1.54, 1.807) is 24.3 Å². The van der Waals surface area contributed by atoms with Gasteiger partial charge in [0.25, 0.3) is 0 Å². The molecule has 0 radical (unpaired) electrons. The fourth-order valence-electron chi connectivity index (χ4n) is 1.83. The highest BCUT2D eigenvalue weighted by molar-refractivity contribution is 7.89. The normalized spacial score (nSPS) is 11.5. The summed E-state index contributed by atoms with van der Waals surface area (Å²) in [6.07, 6.45) is 6.24. The van der Waals surface area contributed by atoms with Gasteiger partial charge in [0.05, 0.1) is 4.90 Å². The maximum Gasteiger partial charge on any atom is 0.240 e. The summed E-state index contributed by atoms with van der Waals surface area (Å²) in [5, 5.41) is 3.30. The topological polar surface area (TPSA) is 58.2 Å². The fraction of sp³-hybridized carbons (Fsp3) is 0.571. The van der Waals surface area contributed by atoms with E-state index in [9.17, 15) is 8.42 Å². The molecule has 0 spiro atoms. The van der Waals surface area contributed by atoms with Crippen LogP contribution in [0.4, 0.5) is 5.69 Å². The zero-order valence-corrected chi connectivity index (χ0v) is 12.6. The Morgan fingerprint density at radius 3 is 2.21 bits per heavy atom. The second kappa shape index (κ2) is 8.17. The molecule has 0 aliphatic rings. The van der Waals surface area contributed by atoms with Gasteiger partial charge in [0.15, 0.2) is 0 Å². The molecule has 0 unspecified atom stereocenters. The average Bonchev–Trinajstić information content (AvgIpc) is 2.43. The molecule has 0 saturated carbocycles. The lowest BCUT2D eigenvalue weighted by Gasteiger charge is -2.07. The third kappa shape index (κ3) is 5.61. The standard InChI is InChI=1S/C14H24N2O2S/c1-3-4-5-6-7-12-16-13-8-10-14(11-9-13)19(17,18)15-2/h8-11,15-16H,3-7,12H2,1-2H3. The largest absolute Gasteiger partial charge is 0.385 e. The van der Waals surface area contributed by atoms with Gasteiger partial charge in [-0.3, -0.25) is 0 Å². The van der Waals surface area contributed by atoms with Crippen molar-refractivity contribution in [2.24, 2.45) is 0 Å². The molecule has 0 aliphatic carbocycles. The Kier molecular flexibility index (Phi) is 6.87. The summed E-state index contributed by atoms with van der Waals surface area (Å²) in [5.74, 6) is 0. The highest BCUT2D eigenvalue weighted by Crippen LogP contribution is 2.14. The van der Waals surface area contributed by atoms with Crippen LogP contribution in [0.25, 0.3) is 0 Å². The van der Waals surface area contributed by atoms with Crippen LogP contribution in [0.3, 0.4) is 0 Å². The van der Waals surface area contributed by atoms with E-state index in [-0.39, 0.29) is 0 Å². The van der Waals surface area contributed by atoms with E-state index in [0.29, 0.717) is 4.90 Å². The number of nitrogens with one attached hydrogen (secondary N) is 2. The second-order valence-electron chi connectivity index (χ2n) is 4.57. The van der Waals surface area contributed by atoms with E-state index in [1.807, 2.05) is 0 Å². The Labute approximate surface area is 116 Å². The fourth-order valence-corrected chi connectivity index (χ4v) is 2.56. The van der Waals surface area contributed by atoms with Crippen molar-refractivity contribution in [3.05, 3.63) is 24.3 Å². The molecule has 1 aromatic carbocycles. The van der Waals surface area contributed by atoms with Gasteiger partial charge in [0.1, 0.15) is 0 Å². The van der Waals surface area contributed by atoms with E-state index in [1.165, 1.54) is 32.7 Å². The van der Waals surface area contributed by atoms with Crippen molar-refractivity contribution in [1.82, 2.24) is 4.72 Å². The number of benzene rings is 1. The van der Waals surface area contributed by atoms with Crippen LogP contribution in [-0.2, 0) is 10.0 Å². The number of sulfonamides is 1. The van der Waals surface area contributed by atoms with Gasteiger partial charge in [-0.15, -0.1) is 0 Å². The SMILES string of the molecule is CCCCCCCNc1ccc(S(=O)(=O)NC)cc1. The van der Waals surface area contributed by atoms with Gasteiger partial charge in [0.2, 0.25) is 10.0 Å². The molecule has 4 nitrogen and oxygen atoms in total. The molecule has 2 N–H and O–H groups in total. The van der Waals surface area contributed by atoms with Gasteiger partial charge >= 0.3 is 0 Å². The monoisotopic (exact) mass is 284 g/mol. The zero-order chi connectivity index (χ0) is 14.1. The molecule has 0 heterocycles. The molecule has 0 saturated heterocycles. The number of rotatable bonds is 9. The van der Waals surface area contributed by atoms with E-state index in [2.05, 4.69) is 17.0 Å². The highest BCUT2D eigenvalue weighted by atomic mass is 32.2. The van der Waals surface area contributed by atoms with Crippen LogP contribution in [0.2, 0.25) is 0 Å². The van der Waals surface area contributed by atoms with Crippen molar-refractivity contribution < 1.29 is 8.42 Å². The van der Waals surface area contributed by atoms with Gasteiger partial charge in [-0.25, -0.2) is 13.1 Å². The maximum atomic E-state index is 11.5. The summed E-state index contributed by atoms with van der Waals surface area (Å²) in [7, 11) is -1.91. The van der Waals surface area contributed by atoms with Crippen molar-refractivity contribution in [2.45, 2.75) is 43.9 Å². The third-order valence-corrected chi connectivity index (χ3v) is 4.47. The van der Waals surface area contributed by atoms with Crippen molar-refractivity contribution in [1.29, 1.82) is 0 Å². The Morgan fingerprint density at radius 2 is 1.63 bits per heavy atom. The number of anilines is 1. The molecule has 0 aliphatic heterocycles. The first-order valence-corrected chi connectivity index (χ1v) is 8.36. The molecule has 1 aromatic rings. The molecule has 1 rings (SSSR count). The Morgan fingerprint density at radius 1 is 1.00 bits per heavy atom. The lowest BCUT2D eigenvalue weighted by atomic mass is 10.1. The molecule has 19 heavy (non-hydrogen) atoms. The van der Waals surface area contributed by atoms with Gasteiger partial charge < -0.3 is 5.32 Å². The molecule has 0 aromatic heterocycles. The summed E-state index contributed by atoms with van der Waals surface area (Å²) in [6.45, 7) is 3.14. The average molecular weight is 284 g/mol.